The topological polar surface area (TPSA) is 21.3 Å². The number of anilines is 3. The number of benzene rings is 9. The third kappa shape index (κ3) is 4.98. The summed E-state index contributed by atoms with van der Waals surface area (Å²) in [7, 11) is 0. The molecule has 9 aromatic carbocycles. The molecule has 258 valence electrons. The maximum atomic E-state index is 9.98. The molecule has 0 bridgehead atoms. The fraction of sp³-hybridized carbons (Fsp3) is 0. The lowest BCUT2D eigenvalue weighted by atomic mass is 9.99. The van der Waals surface area contributed by atoms with Gasteiger partial charge in [-0.2, -0.15) is 0 Å². The average molecular weight is 720 g/mol. The van der Waals surface area contributed by atoms with Crippen LogP contribution >= 0.6 is 0 Å². The van der Waals surface area contributed by atoms with Gasteiger partial charge in [0.2, 0.25) is 0 Å². The molecule has 0 aliphatic carbocycles. The molecular formula is C52H34N2O. The van der Waals surface area contributed by atoms with Gasteiger partial charge in [0.15, 0.2) is 0 Å². The van der Waals surface area contributed by atoms with Crippen LogP contribution in [0.15, 0.2) is 210 Å². The Kier molecular flexibility index (Phi) is 4.28. The monoisotopic (exact) mass is 719 g/mol. The minimum atomic E-state index is -0.847. The molecule has 0 N–H and O–H groups in total. The Morgan fingerprint density at radius 3 is 1.95 bits per heavy atom. The van der Waals surface area contributed by atoms with E-state index < -0.39 is 136 Å². The number of hydrogen-bond donors (Lipinski definition) is 0. The van der Waals surface area contributed by atoms with Gasteiger partial charge in [-0.1, -0.05) is 151 Å². The van der Waals surface area contributed by atoms with Crippen molar-refractivity contribution in [3.05, 3.63) is 206 Å². The van der Waals surface area contributed by atoms with Crippen molar-refractivity contribution < 1.29 is 27.7 Å². The molecule has 0 aliphatic rings. The normalized spacial score (nSPS) is 16.0. The Hall–Kier alpha value is -7.36. The molecule has 0 saturated carbocycles. The van der Waals surface area contributed by atoms with Crippen LogP contribution in [0.2, 0.25) is 0 Å². The first-order valence-electron chi connectivity index (χ1n) is 25.9. The summed E-state index contributed by atoms with van der Waals surface area (Å²) in [5.41, 5.74) is -0.517. The van der Waals surface area contributed by atoms with Crippen molar-refractivity contribution in [1.82, 2.24) is 4.57 Å². The molecule has 0 spiro atoms. The Labute approximate surface area is 342 Å². The molecule has 0 unspecified atom stereocenters. The van der Waals surface area contributed by atoms with E-state index in [4.69, 9.17) is 15.4 Å². The molecular weight excluding hydrogens is 669 g/mol. The lowest BCUT2D eigenvalue weighted by molar-refractivity contribution is 0.672. The molecule has 0 amide bonds. The highest BCUT2D eigenvalue weighted by Gasteiger charge is 2.23. The van der Waals surface area contributed by atoms with Crippen molar-refractivity contribution >= 4 is 71.6 Å². The van der Waals surface area contributed by atoms with E-state index in [-0.39, 0.29) is 32.8 Å². The lowest BCUT2D eigenvalue weighted by Gasteiger charge is -2.28. The molecule has 3 nitrogen and oxygen atoms in total. The van der Waals surface area contributed by atoms with E-state index in [0.717, 1.165) is 26.7 Å². The molecule has 3 heteroatoms. The Morgan fingerprint density at radius 2 is 1.13 bits per heavy atom. The van der Waals surface area contributed by atoms with Crippen molar-refractivity contribution in [2.24, 2.45) is 0 Å². The molecule has 55 heavy (non-hydrogen) atoms. The average Bonchev–Trinajstić information content (AvgIpc) is 3.94. The van der Waals surface area contributed by atoms with E-state index in [2.05, 4.69) is 0 Å². The standard InChI is InChI=1S/C52H34N2O/c1-2-15-35(16-3-1)39-18-6-10-23-45(39)53(49-27-14-28-50-51(49)44-34-31-36-17-4-5-20-41(36)52(44)55-50)38-32-29-37(30-33-38)40-19-7-11-24-46(40)54-47-25-12-8-21-42(47)43-22-9-13-26-48(43)54/h1-34H/i4D,5D,6D,10D,14D,17D,18D,20D,23D,27D,28D,29D,30D,31D,32D,33D,34D. The van der Waals surface area contributed by atoms with Gasteiger partial charge >= 0.3 is 0 Å². The van der Waals surface area contributed by atoms with Gasteiger partial charge in [-0.15, -0.1) is 0 Å². The van der Waals surface area contributed by atoms with Crippen LogP contribution < -0.4 is 4.90 Å². The quantitative estimate of drug-likeness (QED) is 0.171. The van der Waals surface area contributed by atoms with Crippen LogP contribution in [0.4, 0.5) is 17.1 Å². The van der Waals surface area contributed by atoms with Gasteiger partial charge in [0.25, 0.3) is 0 Å². The third-order valence-electron chi connectivity index (χ3n) is 9.74. The van der Waals surface area contributed by atoms with Crippen molar-refractivity contribution in [1.29, 1.82) is 0 Å². The molecule has 11 aromatic rings. The first-order valence-corrected chi connectivity index (χ1v) is 17.4. The van der Waals surface area contributed by atoms with Gasteiger partial charge < -0.3 is 13.9 Å². The molecule has 2 aromatic heterocycles. The Morgan fingerprint density at radius 1 is 0.455 bits per heavy atom. The molecule has 0 fully saturated rings. The third-order valence-corrected chi connectivity index (χ3v) is 9.74. The smallest absolute Gasteiger partial charge is 0.143 e. The van der Waals surface area contributed by atoms with Gasteiger partial charge in [0.1, 0.15) is 11.2 Å². The van der Waals surface area contributed by atoms with E-state index in [1.54, 1.807) is 54.6 Å². The first kappa shape index (κ1) is 18.6. The van der Waals surface area contributed by atoms with E-state index in [1.807, 2.05) is 53.1 Å². The molecule has 0 radical (unpaired) electrons. The maximum Gasteiger partial charge on any atom is 0.143 e. The van der Waals surface area contributed by atoms with Gasteiger partial charge in [-0.25, -0.2) is 0 Å². The molecule has 0 aliphatic heterocycles. The summed E-state index contributed by atoms with van der Waals surface area (Å²) in [6, 6.07) is 18.2. The van der Waals surface area contributed by atoms with Gasteiger partial charge in [-0.3, -0.25) is 0 Å². The predicted molar refractivity (Wildman–Crippen MR) is 231 cm³/mol. The summed E-state index contributed by atoms with van der Waals surface area (Å²) >= 11 is 0. The summed E-state index contributed by atoms with van der Waals surface area (Å²) in [6.45, 7) is 0. The predicted octanol–water partition coefficient (Wildman–Crippen LogP) is 14.6. The number of rotatable bonds is 6. The highest BCUT2D eigenvalue weighted by molar-refractivity contribution is 6.20. The number of furan rings is 1. The van der Waals surface area contributed by atoms with Crippen LogP contribution in [0.3, 0.4) is 0 Å². The molecule has 2 heterocycles. The van der Waals surface area contributed by atoms with Gasteiger partial charge in [0.05, 0.1) is 56.8 Å². The summed E-state index contributed by atoms with van der Waals surface area (Å²) in [4.78, 5) is 0.911. The van der Waals surface area contributed by atoms with Gasteiger partial charge in [0, 0.05) is 38.4 Å². The summed E-state index contributed by atoms with van der Waals surface area (Å²) in [6.07, 6.45) is 0. The second-order valence-corrected chi connectivity index (χ2v) is 12.8. The number of hydrogen-bond acceptors (Lipinski definition) is 2. The fourth-order valence-corrected chi connectivity index (χ4v) is 7.36. The number of para-hydroxylation sites is 4. The minimum absolute atomic E-state index is 0.148. The molecule has 0 saturated heterocycles. The molecule has 0 atom stereocenters. The minimum Gasteiger partial charge on any atom is -0.455 e. The van der Waals surface area contributed by atoms with Crippen LogP contribution in [0, 0.1) is 0 Å². The Balaban J connectivity index is 1.32. The highest BCUT2D eigenvalue weighted by atomic mass is 16.3. The van der Waals surface area contributed by atoms with E-state index >= 15 is 0 Å². The second kappa shape index (κ2) is 12.6. The zero-order valence-electron chi connectivity index (χ0n) is 45.6. The number of nitrogens with zero attached hydrogens (tertiary/aromatic N) is 2. The van der Waals surface area contributed by atoms with Crippen molar-refractivity contribution in [3.8, 4) is 27.9 Å². The van der Waals surface area contributed by atoms with Crippen LogP contribution in [-0.2, 0) is 0 Å². The summed E-state index contributed by atoms with van der Waals surface area (Å²) in [5, 5.41) is 0.309. The maximum absolute atomic E-state index is 9.98. The number of fused-ring (bicyclic) bond motifs is 8. The van der Waals surface area contributed by atoms with E-state index in [0.29, 0.717) is 11.3 Å². The Bertz CT molecular complexity index is 4120. The second-order valence-electron chi connectivity index (χ2n) is 12.8. The number of aromatic nitrogens is 1. The largest absolute Gasteiger partial charge is 0.455 e. The van der Waals surface area contributed by atoms with Crippen LogP contribution in [-0.4, -0.2) is 4.57 Å². The van der Waals surface area contributed by atoms with Crippen LogP contribution in [0.5, 0.6) is 0 Å². The zero-order chi connectivity index (χ0) is 51.1. The van der Waals surface area contributed by atoms with Crippen molar-refractivity contribution in [2.75, 3.05) is 4.90 Å². The first-order chi connectivity index (χ1) is 34.4. The summed E-state index contributed by atoms with van der Waals surface area (Å²) < 4.78 is 166. The lowest BCUT2D eigenvalue weighted by Crippen LogP contribution is -2.11. The van der Waals surface area contributed by atoms with Crippen molar-refractivity contribution in [3.63, 3.8) is 0 Å². The zero-order valence-corrected chi connectivity index (χ0v) is 28.6. The highest BCUT2D eigenvalue weighted by Crippen LogP contribution is 2.47. The van der Waals surface area contributed by atoms with E-state index in [9.17, 15) is 12.3 Å². The SMILES string of the molecule is [2H]c1c([2H])c([2H])c(N(c2c([2H])c([2H])c(-c3ccccc3-n3c4ccccc4c4ccccc43)c([2H])c2[2H])c2c([2H])c([2H])c([2H])c3oc4c5c([2H])c([2H])c([2H])c([2H])c5c([2H])c([2H])c4c23)c(-c2ccccc2)c1[2H]. The van der Waals surface area contributed by atoms with Crippen LogP contribution in [0.1, 0.15) is 23.3 Å². The fourth-order valence-electron chi connectivity index (χ4n) is 7.36. The van der Waals surface area contributed by atoms with Crippen molar-refractivity contribution in [2.45, 2.75) is 0 Å². The van der Waals surface area contributed by atoms with E-state index in [1.165, 1.54) is 0 Å². The summed E-state index contributed by atoms with van der Waals surface area (Å²) in [5.74, 6) is 0. The molecule has 11 rings (SSSR count). The van der Waals surface area contributed by atoms with Gasteiger partial charge in [-0.05, 0) is 71.0 Å². The van der Waals surface area contributed by atoms with Crippen LogP contribution in [0.25, 0.3) is 82.5 Å².